The molecule has 1 aliphatic rings. The molecule has 1 aliphatic carbocycles. The van der Waals surface area contributed by atoms with Gasteiger partial charge in [0.1, 0.15) is 0 Å². The first-order valence-corrected chi connectivity index (χ1v) is 6.24. The standard InChI is InChI=1S/C14H20O2/c1-2-3-4-5-10-6-11-8-13(15)14(16)9-12(11)7-10/h8-10,15-16H,2-7H2,1H3. The third kappa shape index (κ3) is 2.31. The zero-order valence-corrected chi connectivity index (χ0v) is 9.87. The largest absolute Gasteiger partial charge is 0.504 e. The maximum atomic E-state index is 9.43. The molecule has 0 saturated carbocycles. The molecule has 0 amide bonds. The van der Waals surface area contributed by atoms with Crippen molar-refractivity contribution in [1.82, 2.24) is 0 Å². The first-order chi connectivity index (χ1) is 7.70. The Hall–Kier alpha value is -1.18. The highest BCUT2D eigenvalue weighted by Crippen LogP contribution is 2.36. The molecule has 0 aliphatic heterocycles. The van der Waals surface area contributed by atoms with Gasteiger partial charge in [0.05, 0.1) is 0 Å². The van der Waals surface area contributed by atoms with Gasteiger partial charge < -0.3 is 10.2 Å². The summed E-state index contributed by atoms with van der Waals surface area (Å²) in [7, 11) is 0. The van der Waals surface area contributed by atoms with Crippen LogP contribution >= 0.6 is 0 Å². The van der Waals surface area contributed by atoms with Crippen molar-refractivity contribution in [3.05, 3.63) is 23.3 Å². The first kappa shape index (κ1) is 11.3. The normalized spacial score (nSPS) is 15.3. The molecule has 88 valence electrons. The minimum absolute atomic E-state index is 0.0213. The highest BCUT2D eigenvalue weighted by Gasteiger charge is 2.22. The van der Waals surface area contributed by atoms with Gasteiger partial charge in [-0.2, -0.15) is 0 Å². The number of fused-ring (bicyclic) bond motifs is 1. The van der Waals surface area contributed by atoms with E-state index in [1.807, 2.05) is 0 Å². The Bertz CT molecular complexity index is 340. The molecule has 1 aromatic carbocycles. The number of aromatic hydroxyl groups is 2. The van der Waals surface area contributed by atoms with Crippen LogP contribution in [0.15, 0.2) is 12.1 Å². The van der Waals surface area contributed by atoms with E-state index in [2.05, 4.69) is 6.92 Å². The van der Waals surface area contributed by atoms with Crippen LogP contribution < -0.4 is 0 Å². The third-order valence-electron chi connectivity index (χ3n) is 3.53. The second kappa shape index (κ2) is 4.77. The topological polar surface area (TPSA) is 40.5 Å². The Morgan fingerprint density at radius 2 is 1.62 bits per heavy atom. The molecule has 0 heterocycles. The van der Waals surface area contributed by atoms with Gasteiger partial charge in [-0.05, 0) is 48.4 Å². The van der Waals surface area contributed by atoms with Gasteiger partial charge in [-0.15, -0.1) is 0 Å². The molecule has 0 bridgehead atoms. The third-order valence-corrected chi connectivity index (χ3v) is 3.53. The number of rotatable bonds is 4. The van der Waals surface area contributed by atoms with Gasteiger partial charge in [0, 0.05) is 0 Å². The predicted molar refractivity (Wildman–Crippen MR) is 64.8 cm³/mol. The molecule has 1 aromatic rings. The maximum absolute atomic E-state index is 9.43. The molecule has 2 N–H and O–H groups in total. The van der Waals surface area contributed by atoms with E-state index < -0.39 is 0 Å². The van der Waals surface area contributed by atoms with Crippen molar-refractivity contribution >= 4 is 0 Å². The summed E-state index contributed by atoms with van der Waals surface area (Å²) < 4.78 is 0. The molecular weight excluding hydrogens is 200 g/mol. The number of hydrogen-bond acceptors (Lipinski definition) is 2. The summed E-state index contributed by atoms with van der Waals surface area (Å²) in [4.78, 5) is 0. The summed E-state index contributed by atoms with van der Waals surface area (Å²) in [5.41, 5.74) is 2.44. The van der Waals surface area contributed by atoms with Gasteiger partial charge in [0.15, 0.2) is 11.5 Å². The van der Waals surface area contributed by atoms with E-state index in [9.17, 15) is 10.2 Å². The maximum Gasteiger partial charge on any atom is 0.157 e. The summed E-state index contributed by atoms with van der Waals surface area (Å²) in [6.07, 6.45) is 7.27. The van der Waals surface area contributed by atoms with Crippen LogP contribution in [0.4, 0.5) is 0 Å². The van der Waals surface area contributed by atoms with Crippen molar-refractivity contribution in [2.24, 2.45) is 5.92 Å². The fourth-order valence-corrected chi connectivity index (χ4v) is 2.62. The summed E-state index contributed by atoms with van der Waals surface area (Å²) in [6, 6.07) is 3.45. The van der Waals surface area contributed by atoms with Crippen LogP contribution in [0.25, 0.3) is 0 Å². The Balaban J connectivity index is 1.98. The van der Waals surface area contributed by atoms with E-state index >= 15 is 0 Å². The summed E-state index contributed by atoms with van der Waals surface area (Å²) in [6.45, 7) is 2.22. The zero-order chi connectivity index (χ0) is 11.5. The molecule has 2 rings (SSSR count). The van der Waals surface area contributed by atoms with Gasteiger partial charge in [0.25, 0.3) is 0 Å². The van der Waals surface area contributed by atoms with E-state index in [0.29, 0.717) is 5.92 Å². The van der Waals surface area contributed by atoms with Gasteiger partial charge in [0.2, 0.25) is 0 Å². The lowest BCUT2D eigenvalue weighted by atomic mass is 9.98. The summed E-state index contributed by atoms with van der Waals surface area (Å²) in [5, 5.41) is 18.9. The van der Waals surface area contributed by atoms with Crippen LogP contribution in [0.3, 0.4) is 0 Å². The molecule has 0 spiro atoms. The lowest BCUT2D eigenvalue weighted by Gasteiger charge is -2.07. The molecule has 0 saturated heterocycles. The Labute approximate surface area is 96.9 Å². The fraction of sp³-hybridized carbons (Fsp3) is 0.571. The van der Waals surface area contributed by atoms with Crippen LogP contribution in [-0.2, 0) is 12.8 Å². The van der Waals surface area contributed by atoms with Crippen LogP contribution in [0, 0.1) is 5.92 Å². The molecule has 0 atom stereocenters. The van der Waals surface area contributed by atoms with Gasteiger partial charge in [-0.1, -0.05) is 26.2 Å². The molecule has 16 heavy (non-hydrogen) atoms. The summed E-state index contributed by atoms with van der Waals surface area (Å²) >= 11 is 0. The smallest absolute Gasteiger partial charge is 0.157 e. The molecular formula is C14H20O2. The van der Waals surface area contributed by atoms with E-state index in [1.54, 1.807) is 12.1 Å². The number of unbranched alkanes of at least 4 members (excludes halogenated alkanes) is 2. The van der Waals surface area contributed by atoms with Gasteiger partial charge >= 0.3 is 0 Å². The van der Waals surface area contributed by atoms with E-state index in [4.69, 9.17) is 0 Å². The SMILES string of the molecule is CCCCCC1Cc2cc(O)c(O)cc2C1. The average molecular weight is 220 g/mol. The summed E-state index contributed by atoms with van der Waals surface area (Å²) in [5.74, 6) is 0.753. The first-order valence-electron chi connectivity index (χ1n) is 6.24. The van der Waals surface area contributed by atoms with Crippen LogP contribution in [0.5, 0.6) is 11.5 Å². The monoisotopic (exact) mass is 220 g/mol. The Morgan fingerprint density at radius 1 is 1.06 bits per heavy atom. The van der Waals surface area contributed by atoms with Crippen molar-refractivity contribution in [3.63, 3.8) is 0 Å². The van der Waals surface area contributed by atoms with Crippen molar-refractivity contribution in [2.45, 2.75) is 45.4 Å². The molecule has 0 fully saturated rings. The molecule has 0 radical (unpaired) electrons. The number of hydrogen-bond donors (Lipinski definition) is 2. The van der Waals surface area contributed by atoms with Crippen molar-refractivity contribution in [2.75, 3.05) is 0 Å². The highest BCUT2D eigenvalue weighted by atomic mass is 16.3. The van der Waals surface area contributed by atoms with E-state index in [-0.39, 0.29) is 11.5 Å². The lowest BCUT2D eigenvalue weighted by Crippen LogP contribution is -1.98. The zero-order valence-electron chi connectivity index (χ0n) is 9.87. The number of benzene rings is 1. The van der Waals surface area contributed by atoms with Gasteiger partial charge in [-0.3, -0.25) is 0 Å². The minimum Gasteiger partial charge on any atom is -0.504 e. The molecule has 0 aromatic heterocycles. The second-order valence-electron chi connectivity index (χ2n) is 4.88. The number of phenols is 2. The van der Waals surface area contributed by atoms with Crippen LogP contribution in [-0.4, -0.2) is 10.2 Å². The molecule has 2 heteroatoms. The van der Waals surface area contributed by atoms with E-state index in [1.165, 1.54) is 36.8 Å². The quantitative estimate of drug-likeness (QED) is 0.603. The molecule has 2 nitrogen and oxygen atoms in total. The fourth-order valence-electron chi connectivity index (χ4n) is 2.62. The average Bonchev–Trinajstić information content (AvgIpc) is 2.61. The molecule has 0 unspecified atom stereocenters. The predicted octanol–water partition coefficient (Wildman–Crippen LogP) is 3.39. The Morgan fingerprint density at radius 3 is 2.12 bits per heavy atom. The Kier molecular flexibility index (Phi) is 3.37. The minimum atomic E-state index is 0.0213. The van der Waals surface area contributed by atoms with Gasteiger partial charge in [-0.25, -0.2) is 0 Å². The van der Waals surface area contributed by atoms with E-state index in [0.717, 1.165) is 12.8 Å². The highest BCUT2D eigenvalue weighted by molar-refractivity contribution is 5.47. The lowest BCUT2D eigenvalue weighted by molar-refractivity contribution is 0.403. The number of phenolic OH excluding ortho intramolecular Hbond substituents is 2. The second-order valence-corrected chi connectivity index (χ2v) is 4.88. The van der Waals surface area contributed by atoms with Crippen molar-refractivity contribution < 1.29 is 10.2 Å². The van der Waals surface area contributed by atoms with Crippen LogP contribution in [0.2, 0.25) is 0 Å². The van der Waals surface area contributed by atoms with Crippen LogP contribution in [0.1, 0.15) is 43.7 Å². The van der Waals surface area contributed by atoms with Crippen molar-refractivity contribution in [3.8, 4) is 11.5 Å². The van der Waals surface area contributed by atoms with Crippen molar-refractivity contribution in [1.29, 1.82) is 0 Å².